The van der Waals surface area contributed by atoms with Gasteiger partial charge in [-0.2, -0.15) is 9.89 Å². The number of hydrogen-bond acceptors (Lipinski definition) is 8. The SMILES string of the molecule is Nc1ccn(C2OC(CN=O)C(O)C2(N)C#CCF)c(=O)n1. The number of nitroso groups, excluding NO2 is 1. The van der Waals surface area contributed by atoms with Crippen molar-refractivity contribution in [3.8, 4) is 11.8 Å². The molecule has 0 amide bonds. The second-order valence-corrected chi connectivity index (χ2v) is 4.69. The molecule has 4 unspecified atom stereocenters. The van der Waals surface area contributed by atoms with E-state index < -0.39 is 42.9 Å². The minimum atomic E-state index is -1.80. The molecule has 0 aromatic carbocycles. The molecule has 0 saturated carbocycles. The van der Waals surface area contributed by atoms with Crippen LogP contribution >= 0.6 is 0 Å². The Morgan fingerprint density at radius 3 is 2.95 bits per heavy atom. The van der Waals surface area contributed by atoms with Crippen molar-refractivity contribution >= 4 is 5.82 Å². The van der Waals surface area contributed by atoms with E-state index in [0.29, 0.717) is 0 Å². The predicted molar refractivity (Wildman–Crippen MR) is 74.2 cm³/mol. The lowest BCUT2D eigenvalue weighted by Crippen LogP contribution is -2.54. The number of aliphatic hydroxyl groups excluding tert-OH is 1. The van der Waals surface area contributed by atoms with E-state index in [1.165, 1.54) is 12.3 Å². The van der Waals surface area contributed by atoms with Gasteiger partial charge in [-0.1, -0.05) is 17.0 Å². The fraction of sp³-hybridized carbons (Fsp3) is 0.500. The Kier molecular flexibility index (Phi) is 4.51. The molecule has 22 heavy (non-hydrogen) atoms. The van der Waals surface area contributed by atoms with Crippen LogP contribution in [-0.4, -0.2) is 45.6 Å². The molecule has 0 radical (unpaired) electrons. The molecule has 118 valence electrons. The summed E-state index contributed by atoms with van der Waals surface area (Å²) in [5.41, 5.74) is 8.83. The van der Waals surface area contributed by atoms with E-state index in [9.17, 15) is 19.2 Å². The number of rotatable bonds is 3. The third kappa shape index (κ3) is 2.69. The van der Waals surface area contributed by atoms with Crippen LogP contribution in [0.1, 0.15) is 6.23 Å². The number of halogens is 1. The fourth-order valence-corrected chi connectivity index (χ4v) is 2.24. The molecule has 0 bridgehead atoms. The second kappa shape index (κ2) is 6.18. The van der Waals surface area contributed by atoms with Crippen LogP contribution in [0, 0.1) is 16.7 Å². The van der Waals surface area contributed by atoms with Crippen LogP contribution in [-0.2, 0) is 4.74 Å². The topological polar surface area (TPSA) is 146 Å². The molecule has 0 spiro atoms. The van der Waals surface area contributed by atoms with Gasteiger partial charge in [0.05, 0.1) is 0 Å². The van der Waals surface area contributed by atoms with Crippen molar-refractivity contribution in [2.75, 3.05) is 19.0 Å². The van der Waals surface area contributed by atoms with Gasteiger partial charge in [0.1, 0.15) is 31.2 Å². The fourth-order valence-electron chi connectivity index (χ4n) is 2.24. The van der Waals surface area contributed by atoms with E-state index in [2.05, 4.69) is 22.0 Å². The molecule has 1 fully saturated rings. The summed E-state index contributed by atoms with van der Waals surface area (Å²) in [6.07, 6.45) is -2.53. The number of alkyl halides is 1. The molecule has 1 aliphatic heterocycles. The van der Waals surface area contributed by atoms with Crippen LogP contribution in [0.25, 0.3) is 0 Å². The molecule has 1 aromatic heterocycles. The van der Waals surface area contributed by atoms with Crippen LogP contribution < -0.4 is 17.2 Å². The minimum Gasteiger partial charge on any atom is -0.387 e. The van der Waals surface area contributed by atoms with E-state index in [4.69, 9.17) is 16.2 Å². The Morgan fingerprint density at radius 1 is 1.64 bits per heavy atom. The molecule has 10 heteroatoms. The highest BCUT2D eigenvalue weighted by molar-refractivity contribution is 5.28. The van der Waals surface area contributed by atoms with Gasteiger partial charge < -0.3 is 21.3 Å². The van der Waals surface area contributed by atoms with Gasteiger partial charge >= 0.3 is 5.69 Å². The third-order valence-corrected chi connectivity index (χ3v) is 3.28. The maximum atomic E-state index is 12.3. The molecule has 0 aliphatic carbocycles. The van der Waals surface area contributed by atoms with Crippen LogP contribution in [0.3, 0.4) is 0 Å². The van der Waals surface area contributed by atoms with Gasteiger partial charge in [0.25, 0.3) is 0 Å². The highest BCUT2D eigenvalue weighted by Gasteiger charge is 2.54. The summed E-state index contributed by atoms with van der Waals surface area (Å²) in [5, 5.41) is 12.9. The van der Waals surface area contributed by atoms with Crippen LogP contribution in [0.2, 0.25) is 0 Å². The summed E-state index contributed by atoms with van der Waals surface area (Å²) in [6.45, 7) is -1.39. The largest absolute Gasteiger partial charge is 0.387 e. The monoisotopic (exact) mass is 311 g/mol. The lowest BCUT2D eigenvalue weighted by atomic mass is 9.91. The van der Waals surface area contributed by atoms with Crippen molar-refractivity contribution < 1.29 is 14.2 Å². The first-order valence-corrected chi connectivity index (χ1v) is 6.26. The summed E-state index contributed by atoms with van der Waals surface area (Å²) >= 11 is 0. The highest BCUT2D eigenvalue weighted by Crippen LogP contribution is 2.35. The zero-order chi connectivity index (χ0) is 16.3. The third-order valence-electron chi connectivity index (χ3n) is 3.28. The first kappa shape index (κ1) is 16.0. The lowest BCUT2D eigenvalue weighted by molar-refractivity contribution is -0.0187. The molecular weight excluding hydrogens is 297 g/mol. The van der Waals surface area contributed by atoms with Gasteiger partial charge in [0.2, 0.25) is 0 Å². The first-order valence-electron chi connectivity index (χ1n) is 6.26. The van der Waals surface area contributed by atoms with Gasteiger partial charge in [0, 0.05) is 6.20 Å². The number of aliphatic hydroxyl groups is 1. The molecule has 2 heterocycles. The predicted octanol–water partition coefficient (Wildman–Crippen LogP) is -1.48. The number of nitrogens with two attached hydrogens (primary N) is 2. The van der Waals surface area contributed by atoms with Crippen molar-refractivity contribution in [2.45, 2.75) is 24.0 Å². The maximum Gasteiger partial charge on any atom is 0.351 e. The van der Waals surface area contributed by atoms with Crippen molar-refractivity contribution in [2.24, 2.45) is 10.9 Å². The Labute approximate surface area is 124 Å². The average Bonchev–Trinajstić information content (AvgIpc) is 2.71. The quantitative estimate of drug-likeness (QED) is 0.456. The summed E-state index contributed by atoms with van der Waals surface area (Å²) in [4.78, 5) is 25.8. The van der Waals surface area contributed by atoms with E-state index in [1.54, 1.807) is 0 Å². The van der Waals surface area contributed by atoms with Gasteiger partial charge in [-0.3, -0.25) is 4.57 Å². The first-order chi connectivity index (χ1) is 10.4. The van der Waals surface area contributed by atoms with Crippen molar-refractivity contribution in [1.82, 2.24) is 9.55 Å². The van der Waals surface area contributed by atoms with Crippen LogP contribution in [0.4, 0.5) is 10.2 Å². The summed E-state index contributed by atoms with van der Waals surface area (Å²) in [7, 11) is 0. The number of nitrogens with zero attached hydrogens (tertiary/aromatic N) is 3. The Balaban J connectivity index is 2.50. The standard InChI is InChI=1S/C12H14FN5O4/c13-4-1-3-12(15)9(19)7(6-16-21)22-10(12)18-5-2-8(14)17-11(18)20/h2,5,7,9-10,19H,4,6,15H2,(H2,14,17,20). The molecular formula is C12H14FN5O4. The van der Waals surface area contributed by atoms with Gasteiger partial charge in [-0.05, 0) is 6.07 Å². The Morgan fingerprint density at radius 2 is 2.36 bits per heavy atom. The van der Waals surface area contributed by atoms with E-state index >= 15 is 0 Å². The van der Waals surface area contributed by atoms with E-state index in [-0.39, 0.29) is 5.82 Å². The van der Waals surface area contributed by atoms with Gasteiger partial charge in [-0.15, -0.1) is 0 Å². The zero-order valence-corrected chi connectivity index (χ0v) is 11.3. The maximum absolute atomic E-state index is 12.3. The minimum absolute atomic E-state index is 0.0108. The van der Waals surface area contributed by atoms with Crippen LogP contribution in [0.15, 0.2) is 22.2 Å². The smallest absolute Gasteiger partial charge is 0.351 e. The summed E-state index contributed by atoms with van der Waals surface area (Å²) in [6, 6.07) is 1.32. The Bertz CT molecular complexity index is 684. The number of nitrogen functional groups attached to an aromatic ring is 1. The molecule has 9 nitrogen and oxygen atoms in total. The van der Waals surface area contributed by atoms with Gasteiger partial charge in [0.15, 0.2) is 11.8 Å². The van der Waals surface area contributed by atoms with E-state index in [1.807, 2.05) is 0 Å². The highest BCUT2D eigenvalue weighted by atomic mass is 19.1. The van der Waals surface area contributed by atoms with E-state index in [0.717, 1.165) is 4.57 Å². The summed E-state index contributed by atoms with van der Waals surface area (Å²) in [5.74, 6) is 4.44. The second-order valence-electron chi connectivity index (χ2n) is 4.69. The number of anilines is 1. The number of aromatic nitrogens is 2. The lowest BCUT2D eigenvalue weighted by Gasteiger charge is -2.27. The average molecular weight is 311 g/mol. The van der Waals surface area contributed by atoms with Crippen molar-refractivity contribution in [3.05, 3.63) is 27.7 Å². The molecule has 1 aliphatic rings. The van der Waals surface area contributed by atoms with Crippen molar-refractivity contribution in [1.29, 1.82) is 0 Å². The zero-order valence-electron chi connectivity index (χ0n) is 11.3. The molecule has 2 rings (SSSR count). The van der Waals surface area contributed by atoms with Gasteiger partial charge in [-0.25, -0.2) is 9.18 Å². The number of hydrogen-bond donors (Lipinski definition) is 3. The number of ether oxygens (including phenoxy) is 1. The molecule has 5 N–H and O–H groups in total. The molecule has 1 aromatic rings. The molecule has 1 saturated heterocycles. The van der Waals surface area contributed by atoms with Crippen molar-refractivity contribution in [3.63, 3.8) is 0 Å². The summed E-state index contributed by atoms with van der Waals surface area (Å²) < 4.78 is 18.7. The van der Waals surface area contributed by atoms with Crippen LogP contribution in [0.5, 0.6) is 0 Å². The normalized spacial score (nSPS) is 30.6. The molecule has 4 atom stereocenters. The Hall–Kier alpha value is -2.35.